The first-order valence-electron chi connectivity index (χ1n) is 6.45. The Hall–Kier alpha value is -0.610. The van der Waals surface area contributed by atoms with Crippen LogP contribution in [0, 0.1) is 11.8 Å². The molecule has 3 rings (SSSR count). The smallest absolute Gasteiger partial charge is 0.0773 e. The highest BCUT2D eigenvalue weighted by molar-refractivity contribution is 5.94. The van der Waals surface area contributed by atoms with E-state index in [2.05, 4.69) is 10.5 Å². The number of hydrogen-bond donors (Lipinski definition) is 2. The average Bonchev–Trinajstić information content (AvgIpc) is 3.01. The van der Waals surface area contributed by atoms with E-state index in [0.29, 0.717) is 24.0 Å². The lowest BCUT2D eigenvalue weighted by Gasteiger charge is -2.25. The third kappa shape index (κ3) is 1.74. The molecular formula is C12H20N2O2. The van der Waals surface area contributed by atoms with Crippen molar-refractivity contribution < 1.29 is 9.94 Å². The van der Waals surface area contributed by atoms with E-state index >= 15 is 0 Å². The molecule has 4 atom stereocenters. The molecule has 1 aliphatic heterocycles. The van der Waals surface area contributed by atoms with Crippen LogP contribution in [0.4, 0.5) is 0 Å². The van der Waals surface area contributed by atoms with E-state index in [-0.39, 0.29) is 0 Å². The number of hydrogen-bond acceptors (Lipinski definition) is 4. The van der Waals surface area contributed by atoms with Gasteiger partial charge in [0.15, 0.2) is 0 Å². The molecule has 2 aliphatic carbocycles. The van der Waals surface area contributed by atoms with Gasteiger partial charge in [0, 0.05) is 19.1 Å². The molecule has 2 saturated carbocycles. The Balaban J connectivity index is 1.57. The van der Waals surface area contributed by atoms with Gasteiger partial charge in [-0.3, -0.25) is 0 Å². The van der Waals surface area contributed by atoms with Crippen LogP contribution in [-0.4, -0.2) is 36.2 Å². The summed E-state index contributed by atoms with van der Waals surface area (Å²) in [6.45, 7) is 1.82. The van der Waals surface area contributed by atoms with Crippen LogP contribution in [0.1, 0.15) is 32.1 Å². The molecule has 2 bridgehead atoms. The van der Waals surface area contributed by atoms with Crippen LogP contribution >= 0.6 is 0 Å². The zero-order chi connectivity index (χ0) is 11.0. The number of nitrogens with one attached hydrogen (secondary N) is 1. The minimum absolute atomic E-state index is 0.313. The van der Waals surface area contributed by atoms with Crippen LogP contribution in [0.3, 0.4) is 0 Å². The second-order valence-corrected chi connectivity index (χ2v) is 5.32. The second-order valence-electron chi connectivity index (χ2n) is 5.32. The molecule has 0 spiro atoms. The van der Waals surface area contributed by atoms with E-state index in [9.17, 15) is 0 Å². The molecule has 4 nitrogen and oxygen atoms in total. The fourth-order valence-corrected chi connectivity index (χ4v) is 3.56. The number of nitrogens with zero attached hydrogens (tertiary/aromatic N) is 1. The molecule has 3 fully saturated rings. The molecular weight excluding hydrogens is 204 g/mol. The van der Waals surface area contributed by atoms with Crippen molar-refractivity contribution in [2.45, 2.75) is 44.2 Å². The summed E-state index contributed by atoms with van der Waals surface area (Å²) in [5, 5.41) is 16.1. The first-order chi connectivity index (χ1) is 7.88. The van der Waals surface area contributed by atoms with Gasteiger partial charge in [-0.25, -0.2) is 0 Å². The summed E-state index contributed by atoms with van der Waals surface area (Å²) >= 11 is 0. The summed E-state index contributed by atoms with van der Waals surface area (Å²) in [4.78, 5) is 0. The van der Waals surface area contributed by atoms with Gasteiger partial charge in [0.2, 0.25) is 0 Å². The maximum Gasteiger partial charge on any atom is 0.0773 e. The molecule has 0 aromatic rings. The lowest BCUT2D eigenvalue weighted by Crippen LogP contribution is -2.44. The molecule has 1 heterocycles. The van der Waals surface area contributed by atoms with Crippen molar-refractivity contribution in [2.24, 2.45) is 17.0 Å². The molecule has 0 aromatic carbocycles. The van der Waals surface area contributed by atoms with E-state index in [4.69, 9.17) is 9.94 Å². The molecule has 4 heteroatoms. The van der Waals surface area contributed by atoms with Gasteiger partial charge in [-0.2, -0.15) is 0 Å². The van der Waals surface area contributed by atoms with Crippen LogP contribution in [0.25, 0.3) is 0 Å². The quantitative estimate of drug-likeness (QED) is 0.562. The Kier molecular flexibility index (Phi) is 2.86. The molecule has 16 heavy (non-hydrogen) atoms. The standard InChI is InChI=1S/C12H20N2O2/c15-14-12-9-4-3-8(6-9)11(12)13-7-10-2-1-5-16-10/h8-11,13,15H,1-7H2/b14-12+/t8-,9+,10+,11-/m1/s1. The van der Waals surface area contributed by atoms with Crippen molar-refractivity contribution in [2.75, 3.05) is 13.2 Å². The topological polar surface area (TPSA) is 53.9 Å². The van der Waals surface area contributed by atoms with Crippen LogP contribution in [-0.2, 0) is 4.74 Å². The highest BCUT2D eigenvalue weighted by Crippen LogP contribution is 2.42. The predicted molar refractivity (Wildman–Crippen MR) is 60.8 cm³/mol. The molecule has 2 N–H and O–H groups in total. The van der Waals surface area contributed by atoms with E-state index in [1.54, 1.807) is 0 Å². The zero-order valence-electron chi connectivity index (χ0n) is 9.56. The molecule has 0 amide bonds. The summed E-state index contributed by atoms with van der Waals surface area (Å²) in [7, 11) is 0. The molecule has 3 aliphatic rings. The van der Waals surface area contributed by atoms with E-state index < -0.39 is 0 Å². The Morgan fingerprint density at radius 2 is 2.31 bits per heavy atom. The zero-order valence-corrected chi connectivity index (χ0v) is 9.56. The Bertz CT molecular complexity index is 287. The van der Waals surface area contributed by atoms with Crippen molar-refractivity contribution in [3.63, 3.8) is 0 Å². The highest BCUT2D eigenvalue weighted by Gasteiger charge is 2.45. The fraction of sp³-hybridized carbons (Fsp3) is 0.917. The van der Waals surface area contributed by atoms with Crippen molar-refractivity contribution >= 4 is 5.71 Å². The SMILES string of the molecule is O/N=C1\[C@H]2CC[C@H](C2)[C@H]1NC[C@@H]1CCCO1. The average molecular weight is 224 g/mol. The first kappa shape index (κ1) is 10.5. The summed E-state index contributed by atoms with van der Waals surface area (Å²) in [6.07, 6.45) is 6.43. The normalized spacial score (nSPS) is 44.6. The number of rotatable bonds is 3. The van der Waals surface area contributed by atoms with E-state index in [1.807, 2.05) is 0 Å². The van der Waals surface area contributed by atoms with Gasteiger partial charge < -0.3 is 15.3 Å². The van der Waals surface area contributed by atoms with Crippen molar-refractivity contribution in [3.05, 3.63) is 0 Å². The van der Waals surface area contributed by atoms with Gasteiger partial charge >= 0.3 is 0 Å². The molecule has 1 saturated heterocycles. The minimum Gasteiger partial charge on any atom is -0.411 e. The lowest BCUT2D eigenvalue weighted by molar-refractivity contribution is 0.107. The monoisotopic (exact) mass is 224 g/mol. The van der Waals surface area contributed by atoms with Crippen molar-refractivity contribution in [1.82, 2.24) is 5.32 Å². The van der Waals surface area contributed by atoms with Gasteiger partial charge in [0.05, 0.1) is 17.9 Å². The van der Waals surface area contributed by atoms with Gasteiger partial charge in [-0.05, 0) is 38.0 Å². The van der Waals surface area contributed by atoms with Crippen LogP contribution in [0.5, 0.6) is 0 Å². The van der Waals surface area contributed by atoms with Gasteiger partial charge in [-0.15, -0.1) is 0 Å². The molecule has 0 radical (unpaired) electrons. The second kappa shape index (κ2) is 4.34. The Morgan fingerprint density at radius 3 is 3.06 bits per heavy atom. The Morgan fingerprint density at radius 1 is 1.38 bits per heavy atom. The first-order valence-corrected chi connectivity index (χ1v) is 6.45. The summed E-state index contributed by atoms with van der Waals surface area (Å²) in [5.41, 5.74) is 0.995. The predicted octanol–water partition coefficient (Wildman–Crippen LogP) is 1.38. The van der Waals surface area contributed by atoms with Crippen LogP contribution in [0.15, 0.2) is 5.16 Å². The number of fused-ring (bicyclic) bond motifs is 2. The van der Waals surface area contributed by atoms with E-state index in [1.165, 1.54) is 32.1 Å². The summed E-state index contributed by atoms with van der Waals surface area (Å²) < 4.78 is 5.60. The minimum atomic E-state index is 0.313. The van der Waals surface area contributed by atoms with Crippen LogP contribution < -0.4 is 5.32 Å². The fourth-order valence-electron chi connectivity index (χ4n) is 3.56. The van der Waals surface area contributed by atoms with Crippen molar-refractivity contribution in [3.8, 4) is 0 Å². The third-order valence-corrected chi connectivity index (χ3v) is 4.39. The van der Waals surface area contributed by atoms with Crippen molar-refractivity contribution in [1.29, 1.82) is 0 Å². The summed E-state index contributed by atoms with van der Waals surface area (Å²) in [6, 6.07) is 0.313. The maximum atomic E-state index is 9.07. The maximum absolute atomic E-state index is 9.07. The molecule has 0 unspecified atom stereocenters. The highest BCUT2D eigenvalue weighted by atomic mass is 16.5. The molecule has 0 aromatic heterocycles. The summed E-state index contributed by atoms with van der Waals surface area (Å²) in [5.74, 6) is 1.23. The van der Waals surface area contributed by atoms with Crippen LogP contribution in [0.2, 0.25) is 0 Å². The third-order valence-electron chi connectivity index (χ3n) is 4.39. The van der Waals surface area contributed by atoms with Gasteiger partial charge in [0.25, 0.3) is 0 Å². The van der Waals surface area contributed by atoms with Gasteiger partial charge in [-0.1, -0.05) is 5.16 Å². The van der Waals surface area contributed by atoms with E-state index in [0.717, 1.165) is 18.9 Å². The largest absolute Gasteiger partial charge is 0.411 e. The number of ether oxygens (including phenoxy) is 1. The Labute approximate surface area is 96.0 Å². The lowest BCUT2D eigenvalue weighted by atomic mass is 9.93. The number of oxime groups is 1. The molecule has 90 valence electrons. The van der Waals surface area contributed by atoms with Gasteiger partial charge in [0.1, 0.15) is 0 Å².